The van der Waals surface area contributed by atoms with Gasteiger partial charge < -0.3 is 19.7 Å². The Labute approximate surface area is 224 Å². The molecule has 7 atom stereocenters. The molecule has 3 aliphatic rings. The number of amides is 1. The molecule has 206 valence electrons. The van der Waals surface area contributed by atoms with Crippen molar-refractivity contribution in [1.82, 2.24) is 4.90 Å². The summed E-state index contributed by atoms with van der Waals surface area (Å²) >= 11 is 1.36. The first-order valence-electron chi connectivity index (χ1n) is 13.0. The van der Waals surface area contributed by atoms with Gasteiger partial charge in [-0.1, -0.05) is 52.5 Å². The van der Waals surface area contributed by atoms with Crippen LogP contribution in [-0.4, -0.2) is 63.3 Å². The molecule has 2 N–H and O–H groups in total. The smallest absolute Gasteiger partial charge is 0.309 e. The zero-order valence-corrected chi connectivity index (χ0v) is 23.5. The van der Waals surface area contributed by atoms with Gasteiger partial charge in [-0.3, -0.25) is 19.3 Å². The van der Waals surface area contributed by atoms with Gasteiger partial charge >= 0.3 is 5.97 Å². The molecule has 3 heterocycles. The number of rotatable bonds is 2. The Balaban J connectivity index is 1.84. The second kappa shape index (κ2) is 11.8. The van der Waals surface area contributed by atoms with Crippen LogP contribution in [0, 0.1) is 17.3 Å². The third kappa shape index (κ3) is 6.93. The number of ketones is 1. The van der Waals surface area contributed by atoms with Gasteiger partial charge in [0.25, 0.3) is 0 Å². The number of hydrogen-bond donors (Lipinski definition) is 2. The Kier molecular flexibility index (Phi) is 9.48. The van der Waals surface area contributed by atoms with Crippen molar-refractivity contribution < 1.29 is 34.1 Å². The number of allylic oxidation sites excluding steroid dienone is 1. The van der Waals surface area contributed by atoms with Gasteiger partial charge in [0.1, 0.15) is 11.9 Å². The second-order valence-electron chi connectivity index (χ2n) is 11.2. The molecule has 1 amide bonds. The average Bonchev–Trinajstić information content (AvgIpc) is 3.45. The van der Waals surface area contributed by atoms with E-state index in [9.17, 15) is 24.6 Å². The van der Waals surface area contributed by atoms with Crippen molar-refractivity contribution in [3.8, 4) is 0 Å². The molecule has 0 bridgehead atoms. The molecule has 0 radical (unpaired) electrons. The van der Waals surface area contributed by atoms with E-state index in [1.165, 1.54) is 23.6 Å². The highest BCUT2D eigenvalue weighted by molar-refractivity contribution is 8.06. The van der Waals surface area contributed by atoms with E-state index in [-0.39, 0.29) is 36.2 Å². The van der Waals surface area contributed by atoms with Gasteiger partial charge in [-0.25, -0.2) is 0 Å². The van der Waals surface area contributed by atoms with Crippen LogP contribution in [0.25, 0.3) is 0 Å². The highest BCUT2D eigenvalue weighted by atomic mass is 32.2. The molecule has 2 saturated heterocycles. The number of fused-ring (bicyclic) bond motifs is 1. The van der Waals surface area contributed by atoms with Crippen LogP contribution in [0.5, 0.6) is 0 Å². The zero-order valence-electron chi connectivity index (χ0n) is 22.7. The fraction of sp³-hybridized carbons (Fsp3) is 0.679. The first-order valence-corrected chi connectivity index (χ1v) is 13.9. The Morgan fingerprint density at radius 3 is 2.51 bits per heavy atom. The molecule has 0 unspecified atom stereocenters. The number of ether oxygens (including phenoxy) is 2. The number of carbonyl (C=O) groups excluding carboxylic acids is 3. The maximum Gasteiger partial charge on any atom is 0.309 e. The lowest BCUT2D eigenvalue weighted by atomic mass is 9.73. The van der Waals surface area contributed by atoms with E-state index in [0.29, 0.717) is 17.1 Å². The number of Topliss-reactive ketones (excluding diaryl/α,β-unsaturated/α-hetero) is 1. The summed E-state index contributed by atoms with van der Waals surface area (Å²) in [4.78, 5) is 39.8. The van der Waals surface area contributed by atoms with Crippen molar-refractivity contribution in [3.63, 3.8) is 0 Å². The molecule has 37 heavy (non-hydrogen) atoms. The summed E-state index contributed by atoms with van der Waals surface area (Å²) in [6, 6.07) is 0. The number of aliphatic hydroxyl groups is 2. The van der Waals surface area contributed by atoms with Gasteiger partial charge in [-0.2, -0.15) is 0 Å². The number of carbonyl (C=O) groups is 3. The van der Waals surface area contributed by atoms with Crippen LogP contribution in [0.2, 0.25) is 0 Å². The van der Waals surface area contributed by atoms with Crippen molar-refractivity contribution in [3.05, 3.63) is 34.4 Å². The average molecular weight is 536 g/mol. The minimum absolute atomic E-state index is 0.0459. The highest BCUT2D eigenvalue weighted by Gasteiger charge is 2.44. The second-order valence-corrected chi connectivity index (χ2v) is 12.2. The number of aliphatic hydroxyl groups excluding tert-OH is 2. The van der Waals surface area contributed by atoms with E-state index in [1.807, 2.05) is 25.3 Å². The van der Waals surface area contributed by atoms with Crippen LogP contribution in [0.3, 0.4) is 0 Å². The lowest BCUT2D eigenvalue weighted by molar-refractivity contribution is -0.154. The highest BCUT2D eigenvalue weighted by Crippen LogP contribution is 2.38. The van der Waals surface area contributed by atoms with Crippen LogP contribution >= 0.6 is 11.8 Å². The number of cyclic esters (lactones) is 1. The van der Waals surface area contributed by atoms with E-state index in [1.54, 1.807) is 20.8 Å². The molecule has 0 aromatic rings. The number of epoxide rings is 1. The summed E-state index contributed by atoms with van der Waals surface area (Å²) in [5, 5.41) is 24.1. The first-order chi connectivity index (χ1) is 17.2. The van der Waals surface area contributed by atoms with Crippen LogP contribution in [0.4, 0.5) is 0 Å². The Bertz CT molecular complexity index is 987. The van der Waals surface area contributed by atoms with Crippen molar-refractivity contribution in [2.45, 2.75) is 104 Å². The summed E-state index contributed by atoms with van der Waals surface area (Å²) in [5.74, 6) is -1.83. The number of nitrogens with zero attached hydrogens (tertiary/aromatic N) is 1. The molecular formula is C28H41NO7S. The maximum atomic E-state index is 13.2. The lowest BCUT2D eigenvalue weighted by Crippen LogP contribution is -2.45. The van der Waals surface area contributed by atoms with E-state index >= 15 is 0 Å². The summed E-state index contributed by atoms with van der Waals surface area (Å²) < 4.78 is 11.7. The van der Waals surface area contributed by atoms with Gasteiger partial charge in [0.15, 0.2) is 0 Å². The van der Waals surface area contributed by atoms with E-state index in [4.69, 9.17) is 9.47 Å². The normalized spacial score (nSPS) is 36.1. The van der Waals surface area contributed by atoms with Gasteiger partial charge in [-0.15, -0.1) is 0 Å². The predicted molar refractivity (Wildman–Crippen MR) is 142 cm³/mol. The fourth-order valence-corrected chi connectivity index (χ4v) is 5.94. The van der Waals surface area contributed by atoms with Crippen molar-refractivity contribution in [2.24, 2.45) is 17.3 Å². The number of esters is 1. The largest absolute Gasteiger partial charge is 0.458 e. The van der Waals surface area contributed by atoms with Gasteiger partial charge in [-0.05, 0) is 37.3 Å². The molecule has 0 aromatic carbocycles. The third-order valence-corrected chi connectivity index (χ3v) is 8.73. The molecule has 3 rings (SSSR count). The molecule has 0 spiro atoms. The third-order valence-electron chi connectivity index (χ3n) is 7.91. The van der Waals surface area contributed by atoms with E-state index < -0.39 is 35.6 Å². The minimum Gasteiger partial charge on any atom is -0.458 e. The van der Waals surface area contributed by atoms with Crippen LogP contribution < -0.4 is 0 Å². The molecular weight excluding hydrogens is 494 g/mol. The summed E-state index contributed by atoms with van der Waals surface area (Å²) in [6.07, 6.45) is 1.57. The summed E-state index contributed by atoms with van der Waals surface area (Å²) in [6.45, 7) is 14.0. The number of hydrogen-bond acceptors (Lipinski definition) is 8. The SMILES string of the molecule is C=C1SC=C(/C=C(\C)[C@@H]2C[C@@H]3O[C@@H]3CCC[C@@H](C)[C@H](O)[C@@H](C)C(=O)C(C)(C)[C@@H](O)CC(=O)O2)N1C(C)=O. The fourth-order valence-electron chi connectivity index (χ4n) is 5.17. The standard InChI is InChI=1S/C28H41NO7S/c1-15-9-8-10-21-23(35-21)12-22(16(2)11-20-14-37-19(5)29(20)18(4)30)36-25(32)13-24(31)28(6,7)27(34)17(3)26(15)33/h11,14-15,17,21-24,26,31,33H,5,8-10,12-13H2,1-4,6-7H3/b16-11+/t15-,17-,21-,22+,23+,24+,26+/m1/s1. The molecule has 9 heteroatoms. The molecule has 0 aliphatic carbocycles. The summed E-state index contributed by atoms with van der Waals surface area (Å²) in [5.41, 5.74) is 0.159. The molecule has 3 aliphatic heterocycles. The Hall–Kier alpha value is -1.94. The van der Waals surface area contributed by atoms with Gasteiger partial charge in [0.05, 0.1) is 47.0 Å². The van der Waals surface area contributed by atoms with Crippen LogP contribution in [0.15, 0.2) is 34.4 Å². The monoisotopic (exact) mass is 535 g/mol. The minimum atomic E-state index is -1.27. The Morgan fingerprint density at radius 2 is 1.86 bits per heavy atom. The predicted octanol–water partition coefficient (Wildman–Crippen LogP) is 4.07. The topological polar surface area (TPSA) is 117 Å². The molecule has 8 nitrogen and oxygen atoms in total. The summed E-state index contributed by atoms with van der Waals surface area (Å²) in [7, 11) is 0. The van der Waals surface area contributed by atoms with Crippen LogP contribution in [-0.2, 0) is 23.9 Å². The number of thioether (sulfide) groups is 1. The van der Waals surface area contributed by atoms with Gasteiger partial charge in [0, 0.05) is 24.7 Å². The molecule has 2 fully saturated rings. The van der Waals surface area contributed by atoms with Gasteiger partial charge in [0.2, 0.25) is 5.91 Å². The first kappa shape index (κ1) is 29.6. The zero-order chi connectivity index (χ0) is 27.7. The van der Waals surface area contributed by atoms with Crippen molar-refractivity contribution in [2.75, 3.05) is 0 Å². The molecule has 0 saturated carbocycles. The van der Waals surface area contributed by atoms with Crippen molar-refractivity contribution in [1.29, 1.82) is 0 Å². The van der Waals surface area contributed by atoms with E-state index in [0.717, 1.165) is 24.8 Å². The Morgan fingerprint density at radius 1 is 1.19 bits per heavy atom. The van der Waals surface area contributed by atoms with Crippen LogP contribution in [0.1, 0.15) is 73.6 Å². The maximum absolute atomic E-state index is 13.2. The van der Waals surface area contributed by atoms with Crippen molar-refractivity contribution >= 4 is 29.4 Å². The molecule has 0 aromatic heterocycles. The lowest BCUT2D eigenvalue weighted by Gasteiger charge is -2.34. The quantitative estimate of drug-likeness (QED) is 0.401. The van der Waals surface area contributed by atoms with E-state index in [2.05, 4.69) is 6.58 Å².